The van der Waals surface area contributed by atoms with Crippen LogP contribution in [0.25, 0.3) is 27.4 Å². The van der Waals surface area contributed by atoms with E-state index in [9.17, 15) is 0 Å². The molecule has 0 amide bonds. The number of pyridine rings is 1. The number of aryl methyl sites for hydroxylation is 1. The summed E-state index contributed by atoms with van der Waals surface area (Å²) >= 11 is 6.03. The molecule has 0 fully saturated rings. The Morgan fingerprint density at radius 2 is 1.77 bits per heavy atom. The molecule has 174 valence electrons. The highest BCUT2D eigenvalue weighted by molar-refractivity contribution is 6.30. The fourth-order valence-corrected chi connectivity index (χ4v) is 4.68. The van der Waals surface area contributed by atoms with Gasteiger partial charge in [-0.05, 0) is 76.9 Å². The largest absolute Gasteiger partial charge is 0.496 e. The Morgan fingerprint density at radius 1 is 0.943 bits per heavy atom. The van der Waals surface area contributed by atoms with Crippen LogP contribution in [0.15, 0.2) is 91.6 Å². The normalized spacial score (nSPS) is 11.1. The lowest BCUT2D eigenvalue weighted by Gasteiger charge is -2.14. The van der Waals surface area contributed by atoms with E-state index in [4.69, 9.17) is 16.3 Å². The maximum absolute atomic E-state index is 6.03. The monoisotopic (exact) mass is 478 g/mol. The maximum Gasteiger partial charge on any atom is 0.122 e. The molecule has 1 aromatic heterocycles. The van der Waals surface area contributed by atoms with E-state index in [0.29, 0.717) is 5.02 Å². The Balaban J connectivity index is 1.45. The van der Waals surface area contributed by atoms with Gasteiger partial charge in [-0.1, -0.05) is 67.6 Å². The minimum absolute atomic E-state index is 0.713. The smallest absolute Gasteiger partial charge is 0.122 e. The number of fused-ring (bicyclic) bond motifs is 2. The van der Waals surface area contributed by atoms with E-state index < -0.39 is 0 Å². The van der Waals surface area contributed by atoms with Gasteiger partial charge in [-0.15, -0.1) is 0 Å². The molecule has 3 nitrogen and oxygen atoms in total. The summed E-state index contributed by atoms with van der Waals surface area (Å²) in [4.78, 5) is 4.61. The van der Waals surface area contributed by atoms with Crippen molar-refractivity contribution in [2.75, 3.05) is 12.4 Å². The second kappa shape index (κ2) is 9.81. The average Bonchev–Trinajstić information content (AvgIpc) is 2.88. The van der Waals surface area contributed by atoms with E-state index in [1.54, 1.807) is 7.11 Å². The first-order chi connectivity index (χ1) is 17.1. The van der Waals surface area contributed by atoms with Crippen LogP contribution in [0.1, 0.15) is 29.2 Å². The van der Waals surface area contributed by atoms with E-state index in [1.165, 1.54) is 22.1 Å². The highest BCUT2D eigenvalue weighted by Gasteiger charge is 2.10. The minimum Gasteiger partial charge on any atom is -0.496 e. The number of hydrogen-bond donors (Lipinski definition) is 1. The third-order valence-corrected chi connectivity index (χ3v) is 6.68. The Hall–Kier alpha value is -3.82. The van der Waals surface area contributed by atoms with Crippen molar-refractivity contribution >= 4 is 44.7 Å². The van der Waals surface area contributed by atoms with Gasteiger partial charge >= 0.3 is 0 Å². The number of nitrogens with one attached hydrogen (secondary N) is 1. The lowest BCUT2D eigenvalue weighted by Crippen LogP contribution is -1.98. The third-order valence-electron chi connectivity index (χ3n) is 6.43. The summed E-state index contributed by atoms with van der Waals surface area (Å²) in [6.45, 7) is 6.35. The molecular weight excluding hydrogens is 452 g/mol. The van der Waals surface area contributed by atoms with Gasteiger partial charge < -0.3 is 10.1 Å². The SMILES string of the molecule is C=C(Nc1cccc2cc(Cc3ccnc4cc(CC)c(OC)cc34)ccc12)c1ccc(Cl)cc1. The van der Waals surface area contributed by atoms with Gasteiger partial charge in [0.15, 0.2) is 0 Å². The summed E-state index contributed by atoms with van der Waals surface area (Å²) in [5, 5.41) is 7.66. The molecule has 4 aromatic carbocycles. The molecule has 0 atom stereocenters. The fourth-order valence-electron chi connectivity index (χ4n) is 4.55. The van der Waals surface area contributed by atoms with Crippen LogP contribution >= 0.6 is 11.6 Å². The van der Waals surface area contributed by atoms with Crippen molar-refractivity contribution in [3.63, 3.8) is 0 Å². The number of aromatic nitrogens is 1. The Labute approximate surface area is 211 Å². The summed E-state index contributed by atoms with van der Waals surface area (Å²) in [5.41, 5.74) is 7.54. The molecule has 0 aliphatic heterocycles. The molecular formula is C31H27ClN2O. The van der Waals surface area contributed by atoms with Gasteiger partial charge in [0.1, 0.15) is 5.75 Å². The molecule has 35 heavy (non-hydrogen) atoms. The number of methoxy groups -OCH3 is 1. The Kier molecular flexibility index (Phi) is 6.43. The second-order valence-electron chi connectivity index (χ2n) is 8.65. The fraction of sp³-hybridized carbons (Fsp3) is 0.129. The van der Waals surface area contributed by atoms with Crippen molar-refractivity contribution in [1.82, 2.24) is 4.98 Å². The number of benzene rings is 4. The molecule has 0 aliphatic rings. The third kappa shape index (κ3) is 4.73. The van der Waals surface area contributed by atoms with Crippen LogP contribution in [0, 0.1) is 0 Å². The number of anilines is 1. The van der Waals surface area contributed by atoms with Gasteiger partial charge in [0, 0.05) is 33.4 Å². The highest BCUT2D eigenvalue weighted by atomic mass is 35.5. The van der Waals surface area contributed by atoms with Crippen molar-refractivity contribution in [2.45, 2.75) is 19.8 Å². The first kappa shape index (κ1) is 22.9. The minimum atomic E-state index is 0.713. The predicted octanol–water partition coefficient (Wildman–Crippen LogP) is 8.29. The molecule has 0 spiro atoms. The van der Waals surface area contributed by atoms with Gasteiger partial charge in [0.25, 0.3) is 0 Å². The number of hydrogen-bond acceptors (Lipinski definition) is 3. The molecule has 5 aromatic rings. The van der Waals surface area contributed by atoms with Crippen LogP contribution in [-0.2, 0) is 12.8 Å². The molecule has 5 rings (SSSR count). The van der Waals surface area contributed by atoms with E-state index in [0.717, 1.165) is 51.8 Å². The van der Waals surface area contributed by atoms with Crippen LogP contribution in [-0.4, -0.2) is 12.1 Å². The maximum atomic E-state index is 6.03. The van der Waals surface area contributed by atoms with Crippen molar-refractivity contribution in [1.29, 1.82) is 0 Å². The van der Waals surface area contributed by atoms with Gasteiger partial charge in [-0.3, -0.25) is 4.98 Å². The predicted molar refractivity (Wildman–Crippen MR) is 149 cm³/mol. The molecule has 4 heteroatoms. The van der Waals surface area contributed by atoms with Gasteiger partial charge in [0.2, 0.25) is 0 Å². The summed E-state index contributed by atoms with van der Waals surface area (Å²) in [6, 6.07) is 27.0. The summed E-state index contributed by atoms with van der Waals surface area (Å²) in [6.07, 6.45) is 3.63. The van der Waals surface area contributed by atoms with Crippen molar-refractivity contribution in [3.05, 3.63) is 119 Å². The quantitative estimate of drug-likeness (QED) is 0.255. The van der Waals surface area contributed by atoms with E-state index >= 15 is 0 Å². The molecule has 0 unspecified atom stereocenters. The summed E-state index contributed by atoms with van der Waals surface area (Å²) < 4.78 is 5.64. The topological polar surface area (TPSA) is 34.2 Å². The van der Waals surface area contributed by atoms with E-state index in [-0.39, 0.29) is 0 Å². The van der Waals surface area contributed by atoms with Crippen LogP contribution in [0.5, 0.6) is 5.75 Å². The van der Waals surface area contributed by atoms with Gasteiger partial charge in [-0.2, -0.15) is 0 Å². The molecule has 1 N–H and O–H groups in total. The summed E-state index contributed by atoms with van der Waals surface area (Å²) in [5.74, 6) is 0.921. The zero-order valence-electron chi connectivity index (χ0n) is 19.9. The molecule has 1 heterocycles. The average molecular weight is 479 g/mol. The highest BCUT2D eigenvalue weighted by Crippen LogP contribution is 2.31. The molecule has 0 aliphatic carbocycles. The summed E-state index contributed by atoms with van der Waals surface area (Å²) in [7, 11) is 1.73. The van der Waals surface area contributed by atoms with E-state index in [1.807, 2.05) is 30.5 Å². The van der Waals surface area contributed by atoms with Gasteiger partial charge in [-0.25, -0.2) is 0 Å². The van der Waals surface area contributed by atoms with Crippen LogP contribution in [0.2, 0.25) is 5.02 Å². The molecule has 0 saturated heterocycles. The lowest BCUT2D eigenvalue weighted by molar-refractivity contribution is 0.411. The molecule has 0 saturated carbocycles. The van der Waals surface area contributed by atoms with Crippen LogP contribution in [0.4, 0.5) is 5.69 Å². The number of ether oxygens (including phenoxy) is 1. The standard InChI is InChI=1S/C31H27ClN2O/c1-4-22-18-30-28(19-31(22)35-3)25(14-15-33-30)17-21-8-13-27-24(16-21)6-5-7-29(27)34-20(2)23-9-11-26(32)12-10-23/h5-16,18-19,34H,2,4,17H2,1,3H3. The number of nitrogens with zero attached hydrogens (tertiary/aromatic N) is 1. The lowest BCUT2D eigenvalue weighted by atomic mass is 9.97. The number of halogens is 1. The first-order valence-corrected chi connectivity index (χ1v) is 12.1. The van der Waals surface area contributed by atoms with Crippen molar-refractivity contribution in [3.8, 4) is 5.75 Å². The Morgan fingerprint density at radius 3 is 2.54 bits per heavy atom. The van der Waals surface area contributed by atoms with Crippen LogP contribution in [0.3, 0.4) is 0 Å². The zero-order chi connectivity index (χ0) is 24.4. The van der Waals surface area contributed by atoms with Crippen LogP contribution < -0.4 is 10.1 Å². The van der Waals surface area contributed by atoms with E-state index in [2.05, 4.69) is 78.4 Å². The number of rotatable bonds is 7. The second-order valence-corrected chi connectivity index (χ2v) is 9.09. The first-order valence-electron chi connectivity index (χ1n) is 11.7. The van der Waals surface area contributed by atoms with Gasteiger partial charge in [0.05, 0.1) is 12.6 Å². The molecule has 0 radical (unpaired) electrons. The Bertz CT molecular complexity index is 1540. The zero-order valence-corrected chi connectivity index (χ0v) is 20.7. The van der Waals surface area contributed by atoms with Crippen molar-refractivity contribution in [2.24, 2.45) is 0 Å². The van der Waals surface area contributed by atoms with Crippen molar-refractivity contribution < 1.29 is 4.74 Å². The molecule has 0 bridgehead atoms.